The smallest absolute Gasteiger partial charge is 0.119 e. The fraction of sp³-hybridized carbons (Fsp3) is 0.385. The van der Waals surface area contributed by atoms with Crippen LogP contribution >= 0.6 is 0 Å². The van der Waals surface area contributed by atoms with Gasteiger partial charge in [-0.25, -0.2) is 4.68 Å². The lowest BCUT2D eigenvalue weighted by molar-refractivity contribution is 0.263. The number of rotatable bonds is 11. The van der Waals surface area contributed by atoms with Gasteiger partial charge in [-0.05, 0) is 61.4 Å². The van der Waals surface area contributed by atoms with Gasteiger partial charge in [-0.2, -0.15) is 10.4 Å². The lowest BCUT2D eigenvalue weighted by Gasteiger charge is -2.09. The number of nitrogens with zero attached hydrogens (tertiary/aromatic N) is 3. The number of nitriles is 1. The van der Waals surface area contributed by atoms with Gasteiger partial charge in [0.2, 0.25) is 0 Å². The third-order valence-corrected chi connectivity index (χ3v) is 5.75. The summed E-state index contributed by atoms with van der Waals surface area (Å²) >= 11 is 0. The van der Waals surface area contributed by atoms with Crippen LogP contribution in [0.2, 0.25) is 0 Å². The van der Waals surface area contributed by atoms with Gasteiger partial charge in [-0.15, -0.1) is 0 Å². The molecule has 3 heterocycles. The molecule has 5 rings (SSSR count). The Morgan fingerprint density at radius 2 is 1.55 bits per heavy atom. The molecule has 2 aliphatic heterocycles. The van der Waals surface area contributed by atoms with Crippen LogP contribution in [0.4, 0.5) is 0 Å². The standard InChI is InChI=1S/C26H27N3O4/c1-2-3-4-25-24(13-27)26(18-5-9-20(10-6-18)30-14-22-16-32-22)28-29(25)19-7-11-21(12-8-19)31-15-23-17-33-23/h5-12,22-23H,2-4,14-17H2,1H3. The van der Waals surface area contributed by atoms with Crippen molar-refractivity contribution in [3.63, 3.8) is 0 Å². The van der Waals surface area contributed by atoms with E-state index in [2.05, 4.69) is 13.0 Å². The predicted molar refractivity (Wildman–Crippen MR) is 123 cm³/mol. The highest BCUT2D eigenvalue weighted by Gasteiger charge is 2.24. The predicted octanol–water partition coefficient (Wildman–Crippen LogP) is 4.31. The normalized spacial score (nSPS) is 18.5. The van der Waals surface area contributed by atoms with Crippen LogP contribution in [0, 0.1) is 11.3 Å². The van der Waals surface area contributed by atoms with Crippen LogP contribution < -0.4 is 9.47 Å². The first-order valence-electron chi connectivity index (χ1n) is 11.5. The second-order valence-corrected chi connectivity index (χ2v) is 8.35. The van der Waals surface area contributed by atoms with E-state index in [1.807, 2.05) is 53.2 Å². The number of hydrogen-bond acceptors (Lipinski definition) is 6. The Morgan fingerprint density at radius 1 is 0.970 bits per heavy atom. The van der Waals surface area contributed by atoms with E-state index in [0.29, 0.717) is 24.5 Å². The van der Waals surface area contributed by atoms with E-state index in [1.54, 1.807) is 0 Å². The van der Waals surface area contributed by atoms with Crippen molar-refractivity contribution in [1.29, 1.82) is 5.26 Å². The fourth-order valence-corrected chi connectivity index (χ4v) is 3.66. The maximum atomic E-state index is 10.0. The molecule has 0 bridgehead atoms. The number of benzene rings is 2. The summed E-state index contributed by atoms with van der Waals surface area (Å²) in [6, 6.07) is 18.0. The van der Waals surface area contributed by atoms with Crippen LogP contribution in [0.5, 0.6) is 11.5 Å². The summed E-state index contributed by atoms with van der Waals surface area (Å²) in [6.07, 6.45) is 3.24. The minimum atomic E-state index is 0.213. The number of ether oxygens (including phenoxy) is 4. The van der Waals surface area contributed by atoms with Crippen LogP contribution in [0.15, 0.2) is 48.5 Å². The molecule has 0 radical (unpaired) electrons. The number of unbranched alkanes of at least 4 members (excludes halogenated alkanes) is 1. The maximum absolute atomic E-state index is 10.0. The molecule has 0 spiro atoms. The molecule has 2 fully saturated rings. The van der Waals surface area contributed by atoms with Gasteiger partial charge in [-0.1, -0.05) is 13.3 Å². The van der Waals surface area contributed by atoms with Gasteiger partial charge in [-0.3, -0.25) is 0 Å². The zero-order valence-corrected chi connectivity index (χ0v) is 18.7. The van der Waals surface area contributed by atoms with E-state index in [9.17, 15) is 5.26 Å². The zero-order valence-electron chi connectivity index (χ0n) is 18.7. The Hall–Kier alpha value is -3.34. The van der Waals surface area contributed by atoms with E-state index < -0.39 is 0 Å². The molecule has 2 aliphatic rings. The van der Waals surface area contributed by atoms with Crippen molar-refractivity contribution in [2.45, 2.75) is 38.4 Å². The third kappa shape index (κ3) is 5.19. The minimum Gasteiger partial charge on any atom is -0.491 e. The molecule has 2 saturated heterocycles. The van der Waals surface area contributed by atoms with E-state index in [1.165, 1.54) is 0 Å². The number of hydrogen-bond donors (Lipinski definition) is 0. The molecular formula is C26H27N3O4. The molecule has 2 unspecified atom stereocenters. The Kier molecular flexibility index (Phi) is 6.29. The maximum Gasteiger partial charge on any atom is 0.119 e. The number of epoxide rings is 2. The lowest BCUT2D eigenvalue weighted by atomic mass is 10.0. The molecule has 2 atom stereocenters. The minimum absolute atomic E-state index is 0.213. The van der Waals surface area contributed by atoms with E-state index in [4.69, 9.17) is 24.0 Å². The highest BCUT2D eigenvalue weighted by Crippen LogP contribution is 2.30. The van der Waals surface area contributed by atoms with E-state index in [0.717, 1.165) is 60.9 Å². The summed E-state index contributed by atoms with van der Waals surface area (Å²) < 4.78 is 23.8. The van der Waals surface area contributed by atoms with Gasteiger partial charge in [0, 0.05) is 5.56 Å². The first-order valence-corrected chi connectivity index (χ1v) is 11.5. The third-order valence-electron chi connectivity index (χ3n) is 5.75. The van der Waals surface area contributed by atoms with Crippen molar-refractivity contribution in [2.75, 3.05) is 26.4 Å². The van der Waals surface area contributed by atoms with Crippen molar-refractivity contribution in [2.24, 2.45) is 0 Å². The van der Waals surface area contributed by atoms with E-state index >= 15 is 0 Å². The van der Waals surface area contributed by atoms with Gasteiger partial charge >= 0.3 is 0 Å². The summed E-state index contributed by atoms with van der Waals surface area (Å²) in [5, 5.41) is 14.9. The average Bonchev–Trinajstić information content (AvgIpc) is 3.79. The first-order chi connectivity index (χ1) is 16.2. The molecule has 1 aromatic heterocycles. The Morgan fingerprint density at radius 3 is 2.06 bits per heavy atom. The van der Waals surface area contributed by atoms with Gasteiger partial charge in [0.15, 0.2) is 0 Å². The second-order valence-electron chi connectivity index (χ2n) is 8.35. The van der Waals surface area contributed by atoms with E-state index in [-0.39, 0.29) is 12.2 Å². The van der Waals surface area contributed by atoms with Crippen LogP contribution in [0.3, 0.4) is 0 Å². The van der Waals surface area contributed by atoms with Crippen molar-refractivity contribution in [1.82, 2.24) is 9.78 Å². The molecule has 3 aromatic rings. The lowest BCUT2D eigenvalue weighted by Crippen LogP contribution is -2.05. The quantitative estimate of drug-likeness (QED) is 0.409. The van der Waals surface area contributed by atoms with Crippen molar-refractivity contribution >= 4 is 0 Å². The second kappa shape index (κ2) is 9.65. The van der Waals surface area contributed by atoms with Gasteiger partial charge < -0.3 is 18.9 Å². The van der Waals surface area contributed by atoms with Crippen molar-refractivity contribution in [3.05, 3.63) is 59.8 Å². The average molecular weight is 446 g/mol. The van der Waals surface area contributed by atoms with Crippen molar-refractivity contribution in [3.8, 4) is 34.5 Å². The zero-order chi connectivity index (χ0) is 22.6. The SMILES string of the molecule is CCCCc1c(C#N)c(-c2ccc(OCC3CO3)cc2)nn1-c1ccc(OCC2CO2)cc1. The monoisotopic (exact) mass is 445 g/mol. The van der Waals surface area contributed by atoms with Crippen molar-refractivity contribution < 1.29 is 18.9 Å². The molecule has 0 aliphatic carbocycles. The summed E-state index contributed by atoms with van der Waals surface area (Å²) in [6.45, 7) is 4.82. The Bertz CT molecular complexity index is 1120. The molecule has 170 valence electrons. The van der Waals surface area contributed by atoms with Crippen LogP contribution in [-0.4, -0.2) is 48.4 Å². The molecule has 33 heavy (non-hydrogen) atoms. The Labute approximate surface area is 193 Å². The van der Waals surface area contributed by atoms with Crippen LogP contribution in [0.1, 0.15) is 31.0 Å². The van der Waals surface area contributed by atoms with Gasteiger partial charge in [0.05, 0.1) is 24.6 Å². The molecule has 2 aromatic carbocycles. The molecule has 7 heteroatoms. The topological polar surface area (TPSA) is 85.1 Å². The van der Waals surface area contributed by atoms with Crippen LogP contribution in [0.25, 0.3) is 16.9 Å². The molecule has 0 saturated carbocycles. The molecule has 0 amide bonds. The number of aromatic nitrogens is 2. The Balaban J connectivity index is 1.42. The fourth-order valence-electron chi connectivity index (χ4n) is 3.66. The first kappa shape index (κ1) is 21.5. The summed E-state index contributed by atoms with van der Waals surface area (Å²) in [5.41, 5.74) is 4.04. The van der Waals surface area contributed by atoms with Gasteiger partial charge in [0.1, 0.15) is 54.2 Å². The van der Waals surface area contributed by atoms with Gasteiger partial charge in [0.25, 0.3) is 0 Å². The molecular weight excluding hydrogens is 418 g/mol. The summed E-state index contributed by atoms with van der Waals surface area (Å²) in [7, 11) is 0. The summed E-state index contributed by atoms with van der Waals surface area (Å²) in [5.74, 6) is 1.58. The highest BCUT2D eigenvalue weighted by molar-refractivity contribution is 5.69. The highest BCUT2D eigenvalue weighted by atomic mass is 16.6. The molecule has 7 nitrogen and oxygen atoms in total. The molecule has 0 N–H and O–H groups in total. The van der Waals surface area contributed by atoms with Crippen LogP contribution in [-0.2, 0) is 15.9 Å². The summed E-state index contributed by atoms with van der Waals surface area (Å²) in [4.78, 5) is 0. The largest absolute Gasteiger partial charge is 0.491 e.